The lowest BCUT2D eigenvalue weighted by molar-refractivity contribution is -0.119. The van der Waals surface area contributed by atoms with Crippen LogP contribution < -0.4 is 4.90 Å². The molecule has 0 fully saturated rings. The van der Waals surface area contributed by atoms with E-state index in [0.29, 0.717) is 6.54 Å². The lowest BCUT2D eigenvalue weighted by atomic mass is 10.1. The van der Waals surface area contributed by atoms with Crippen molar-refractivity contribution in [3.8, 4) is 12.1 Å². The normalized spacial score (nSPS) is 10.2. The molecule has 3 rings (SSSR count). The lowest BCUT2D eigenvalue weighted by Gasteiger charge is -2.23. The van der Waals surface area contributed by atoms with Crippen molar-refractivity contribution in [3.63, 3.8) is 0 Å². The fourth-order valence-corrected chi connectivity index (χ4v) is 2.86. The summed E-state index contributed by atoms with van der Waals surface area (Å²) in [6.07, 6.45) is 1.35. The van der Waals surface area contributed by atoms with E-state index in [2.05, 4.69) is 4.98 Å². The third-order valence-corrected chi connectivity index (χ3v) is 4.03. The molecule has 0 aliphatic rings. The maximum absolute atomic E-state index is 12.8. The van der Waals surface area contributed by atoms with Gasteiger partial charge in [0.15, 0.2) is 11.4 Å². The monoisotopic (exact) mass is 329 g/mol. The van der Waals surface area contributed by atoms with E-state index in [0.717, 1.165) is 16.5 Å². The van der Waals surface area contributed by atoms with Gasteiger partial charge in [0, 0.05) is 11.9 Å². The van der Waals surface area contributed by atoms with Gasteiger partial charge < -0.3 is 9.47 Å². The molecule has 0 saturated carbocycles. The number of nitriles is 2. The molecular formula is C19H15N5O. The molecule has 25 heavy (non-hydrogen) atoms. The standard InChI is InChI=1S/C19H15N5O/c1-2-24(17-9-5-7-14-6-3-4-8-15(14)17)19(25)12-23-13-22-16(10-20)18(23)11-21/h3-9,13H,2,12H2,1H3. The van der Waals surface area contributed by atoms with Gasteiger partial charge in [-0.25, -0.2) is 4.98 Å². The van der Waals surface area contributed by atoms with Gasteiger partial charge in [-0.15, -0.1) is 0 Å². The number of benzene rings is 2. The molecule has 0 radical (unpaired) electrons. The highest BCUT2D eigenvalue weighted by atomic mass is 16.2. The van der Waals surface area contributed by atoms with Crippen LogP contribution in [-0.4, -0.2) is 22.0 Å². The first-order chi connectivity index (χ1) is 12.2. The van der Waals surface area contributed by atoms with Crippen molar-refractivity contribution in [2.24, 2.45) is 0 Å². The average molecular weight is 329 g/mol. The van der Waals surface area contributed by atoms with Crippen LogP contribution in [-0.2, 0) is 11.3 Å². The Labute approximate surface area is 145 Å². The topological polar surface area (TPSA) is 85.7 Å². The van der Waals surface area contributed by atoms with Gasteiger partial charge in [0.2, 0.25) is 5.91 Å². The van der Waals surface area contributed by atoms with Crippen LogP contribution in [0.5, 0.6) is 0 Å². The summed E-state index contributed by atoms with van der Waals surface area (Å²) in [5.41, 5.74) is 0.957. The maximum atomic E-state index is 12.8. The number of carbonyl (C=O) groups is 1. The Morgan fingerprint density at radius 1 is 1.16 bits per heavy atom. The van der Waals surface area contributed by atoms with Gasteiger partial charge in [0.05, 0.1) is 12.0 Å². The minimum Gasteiger partial charge on any atom is -0.312 e. The second kappa shape index (κ2) is 6.86. The fraction of sp³-hybridized carbons (Fsp3) is 0.158. The number of amides is 1. The lowest BCUT2D eigenvalue weighted by Crippen LogP contribution is -2.34. The van der Waals surface area contributed by atoms with Gasteiger partial charge in [0.25, 0.3) is 0 Å². The number of anilines is 1. The smallest absolute Gasteiger partial charge is 0.247 e. The Morgan fingerprint density at radius 2 is 1.92 bits per heavy atom. The average Bonchev–Trinajstić information content (AvgIpc) is 3.04. The molecule has 0 atom stereocenters. The number of rotatable bonds is 4. The first-order valence-electron chi connectivity index (χ1n) is 7.83. The molecule has 1 aromatic heterocycles. The number of hydrogen-bond acceptors (Lipinski definition) is 4. The van der Waals surface area contributed by atoms with Crippen molar-refractivity contribution in [2.75, 3.05) is 11.4 Å². The van der Waals surface area contributed by atoms with E-state index in [1.807, 2.05) is 61.5 Å². The second-order valence-corrected chi connectivity index (χ2v) is 5.43. The maximum Gasteiger partial charge on any atom is 0.247 e. The van der Waals surface area contributed by atoms with Gasteiger partial charge >= 0.3 is 0 Å². The van der Waals surface area contributed by atoms with Crippen LogP contribution in [0.3, 0.4) is 0 Å². The molecule has 0 saturated heterocycles. The quantitative estimate of drug-likeness (QED) is 0.736. The molecule has 1 heterocycles. The Morgan fingerprint density at radius 3 is 2.64 bits per heavy atom. The van der Waals surface area contributed by atoms with Crippen LogP contribution in [0.1, 0.15) is 18.3 Å². The third-order valence-electron chi connectivity index (χ3n) is 4.03. The largest absolute Gasteiger partial charge is 0.312 e. The Bertz CT molecular complexity index is 1020. The first-order valence-corrected chi connectivity index (χ1v) is 7.83. The van der Waals surface area contributed by atoms with Crippen molar-refractivity contribution in [1.29, 1.82) is 10.5 Å². The highest BCUT2D eigenvalue weighted by Crippen LogP contribution is 2.27. The van der Waals surface area contributed by atoms with Crippen molar-refractivity contribution >= 4 is 22.4 Å². The molecule has 0 spiro atoms. The number of fused-ring (bicyclic) bond motifs is 1. The van der Waals surface area contributed by atoms with Gasteiger partial charge in [-0.05, 0) is 18.4 Å². The van der Waals surface area contributed by atoms with E-state index in [-0.39, 0.29) is 23.8 Å². The molecule has 1 amide bonds. The third kappa shape index (κ3) is 2.93. The SMILES string of the molecule is CCN(C(=O)Cn1cnc(C#N)c1C#N)c1cccc2ccccc12. The van der Waals surface area contributed by atoms with Gasteiger partial charge in [-0.2, -0.15) is 10.5 Å². The molecular weight excluding hydrogens is 314 g/mol. The Kier molecular flexibility index (Phi) is 4.45. The number of hydrogen-bond donors (Lipinski definition) is 0. The minimum absolute atomic E-state index is 0.0310. The number of imidazole rings is 1. The predicted octanol–water partition coefficient (Wildman–Crippen LogP) is 2.83. The minimum atomic E-state index is -0.169. The van der Waals surface area contributed by atoms with Crippen molar-refractivity contribution in [3.05, 3.63) is 60.2 Å². The Balaban J connectivity index is 1.96. The molecule has 6 nitrogen and oxygen atoms in total. The van der Waals surface area contributed by atoms with Gasteiger partial charge in [0.1, 0.15) is 18.7 Å². The molecule has 0 aliphatic heterocycles. The summed E-state index contributed by atoms with van der Waals surface area (Å²) in [6, 6.07) is 17.5. The summed E-state index contributed by atoms with van der Waals surface area (Å²) >= 11 is 0. The summed E-state index contributed by atoms with van der Waals surface area (Å²) < 4.78 is 1.41. The fourth-order valence-electron chi connectivity index (χ4n) is 2.86. The summed E-state index contributed by atoms with van der Waals surface area (Å²) in [5, 5.41) is 20.2. The number of aromatic nitrogens is 2. The van der Waals surface area contributed by atoms with Crippen LogP contribution in [0.2, 0.25) is 0 Å². The number of nitrogens with zero attached hydrogens (tertiary/aromatic N) is 5. The van der Waals surface area contributed by atoms with Crippen molar-refractivity contribution in [2.45, 2.75) is 13.5 Å². The second-order valence-electron chi connectivity index (χ2n) is 5.43. The first kappa shape index (κ1) is 16.2. The zero-order chi connectivity index (χ0) is 17.8. The molecule has 0 aliphatic carbocycles. The van der Waals surface area contributed by atoms with Crippen molar-refractivity contribution < 1.29 is 4.79 Å². The van der Waals surface area contributed by atoms with Crippen LogP contribution in [0.15, 0.2) is 48.8 Å². The van der Waals surface area contributed by atoms with E-state index in [1.54, 1.807) is 4.90 Å². The van der Waals surface area contributed by atoms with Gasteiger partial charge in [-0.3, -0.25) is 4.79 Å². The summed E-state index contributed by atoms with van der Waals surface area (Å²) in [6.45, 7) is 2.35. The van der Waals surface area contributed by atoms with E-state index < -0.39 is 0 Å². The molecule has 3 aromatic rings. The molecule has 0 N–H and O–H groups in total. The van der Waals surface area contributed by atoms with E-state index >= 15 is 0 Å². The van der Waals surface area contributed by atoms with E-state index in [9.17, 15) is 10.1 Å². The molecule has 0 bridgehead atoms. The summed E-state index contributed by atoms with van der Waals surface area (Å²) in [5.74, 6) is -0.169. The summed E-state index contributed by atoms with van der Waals surface area (Å²) in [7, 11) is 0. The van der Waals surface area contributed by atoms with Crippen LogP contribution in [0.4, 0.5) is 5.69 Å². The Hall–Kier alpha value is -3.64. The predicted molar refractivity (Wildman–Crippen MR) is 93.6 cm³/mol. The van der Waals surface area contributed by atoms with Crippen LogP contribution >= 0.6 is 0 Å². The van der Waals surface area contributed by atoms with E-state index in [1.165, 1.54) is 10.9 Å². The molecule has 0 unspecified atom stereocenters. The van der Waals surface area contributed by atoms with E-state index in [4.69, 9.17) is 5.26 Å². The van der Waals surface area contributed by atoms with Crippen LogP contribution in [0.25, 0.3) is 10.8 Å². The van der Waals surface area contributed by atoms with Crippen LogP contribution in [0, 0.1) is 22.7 Å². The molecule has 2 aromatic carbocycles. The number of carbonyl (C=O) groups excluding carboxylic acids is 1. The number of likely N-dealkylation sites (N-methyl/N-ethyl adjacent to an activating group) is 1. The van der Waals surface area contributed by atoms with Crippen molar-refractivity contribution in [1.82, 2.24) is 9.55 Å². The highest BCUT2D eigenvalue weighted by molar-refractivity contribution is 6.03. The molecule has 122 valence electrons. The molecule has 6 heteroatoms. The van der Waals surface area contributed by atoms with Gasteiger partial charge in [-0.1, -0.05) is 36.4 Å². The summed E-state index contributed by atoms with van der Waals surface area (Å²) in [4.78, 5) is 18.4. The highest BCUT2D eigenvalue weighted by Gasteiger charge is 2.19. The zero-order valence-electron chi connectivity index (χ0n) is 13.7. The zero-order valence-corrected chi connectivity index (χ0v) is 13.7.